The lowest BCUT2D eigenvalue weighted by Gasteiger charge is -2.25. The van der Waals surface area contributed by atoms with E-state index < -0.39 is 10.0 Å². The van der Waals surface area contributed by atoms with E-state index in [4.69, 9.17) is 23.2 Å². The Morgan fingerprint density at radius 1 is 0.967 bits per heavy atom. The highest BCUT2D eigenvalue weighted by Crippen LogP contribution is 2.28. The van der Waals surface area contributed by atoms with E-state index in [1.54, 1.807) is 53.0 Å². The summed E-state index contributed by atoms with van der Waals surface area (Å²) in [5.41, 5.74) is 1.46. The summed E-state index contributed by atoms with van der Waals surface area (Å²) in [7, 11) is -3.46. The van der Waals surface area contributed by atoms with Crippen LogP contribution in [0, 0.1) is 0 Å². The number of nitrogens with zero attached hydrogens (tertiary/aromatic N) is 2. The molecule has 1 amide bonds. The van der Waals surface area contributed by atoms with Crippen LogP contribution < -0.4 is 5.32 Å². The Bertz CT molecular complexity index is 1180. The molecule has 30 heavy (non-hydrogen) atoms. The maximum Gasteiger partial charge on any atom is 0.326 e. The summed E-state index contributed by atoms with van der Waals surface area (Å²) in [6.45, 7) is 1.41. The lowest BCUT2D eigenvalue weighted by atomic mass is 10.2. The molecule has 2 heterocycles. The number of fused-ring (bicyclic) bond motifs is 1. The van der Waals surface area contributed by atoms with Crippen LogP contribution >= 0.6 is 23.2 Å². The summed E-state index contributed by atoms with van der Waals surface area (Å²) >= 11 is 12.1. The van der Waals surface area contributed by atoms with E-state index in [2.05, 4.69) is 5.32 Å². The van der Waals surface area contributed by atoms with Gasteiger partial charge in [-0.3, -0.25) is 4.57 Å². The fraction of sp³-hybridized carbons (Fsp3) is 0.286. The largest absolute Gasteiger partial charge is 0.333 e. The van der Waals surface area contributed by atoms with Gasteiger partial charge in [0.05, 0.1) is 20.5 Å². The van der Waals surface area contributed by atoms with Gasteiger partial charge >= 0.3 is 6.03 Å². The molecule has 1 N–H and O–H groups in total. The average molecular weight is 466 g/mol. The van der Waals surface area contributed by atoms with Gasteiger partial charge in [-0.1, -0.05) is 41.8 Å². The van der Waals surface area contributed by atoms with Crippen LogP contribution in [0.3, 0.4) is 0 Å². The van der Waals surface area contributed by atoms with Crippen molar-refractivity contribution in [2.24, 2.45) is 0 Å². The summed E-state index contributed by atoms with van der Waals surface area (Å²) in [6.07, 6.45) is 4.52. The molecule has 0 bridgehead atoms. The van der Waals surface area contributed by atoms with E-state index in [1.807, 2.05) is 0 Å². The van der Waals surface area contributed by atoms with Gasteiger partial charge in [-0.25, -0.2) is 13.2 Å². The number of halogens is 2. The second kappa shape index (κ2) is 8.59. The van der Waals surface area contributed by atoms with Gasteiger partial charge in [0.2, 0.25) is 10.0 Å². The van der Waals surface area contributed by atoms with Gasteiger partial charge in [-0.2, -0.15) is 4.31 Å². The standard InChI is InChI=1S/C21H21Cl2N3O3S/c22-18-12-16-8-11-26(20(16)13-19(18)23)21(27)24-14-15-4-6-17(7-5-15)30(28,29)25-9-2-1-3-10-25/h4-8,11-13H,1-3,9-10,14H2,(H,24,27). The molecule has 1 aliphatic rings. The van der Waals surface area contributed by atoms with Crippen LogP contribution in [0.25, 0.3) is 10.9 Å². The van der Waals surface area contributed by atoms with Crippen molar-refractivity contribution in [3.05, 3.63) is 64.3 Å². The summed E-state index contributed by atoms with van der Waals surface area (Å²) < 4.78 is 28.5. The smallest absolute Gasteiger partial charge is 0.326 e. The molecule has 0 radical (unpaired) electrons. The van der Waals surface area contributed by atoms with Crippen molar-refractivity contribution in [2.75, 3.05) is 13.1 Å². The minimum atomic E-state index is -3.46. The molecule has 1 fully saturated rings. The van der Waals surface area contributed by atoms with Crippen LogP contribution in [0.4, 0.5) is 4.79 Å². The van der Waals surface area contributed by atoms with Crippen molar-refractivity contribution in [1.82, 2.24) is 14.2 Å². The monoisotopic (exact) mass is 465 g/mol. The fourth-order valence-electron chi connectivity index (χ4n) is 3.60. The summed E-state index contributed by atoms with van der Waals surface area (Å²) in [5, 5.41) is 4.46. The molecule has 1 aromatic heterocycles. The maximum absolute atomic E-state index is 12.7. The maximum atomic E-state index is 12.7. The van der Waals surface area contributed by atoms with Gasteiger partial charge in [0.1, 0.15) is 0 Å². The number of benzene rings is 2. The number of rotatable bonds is 4. The molecule has 1 saturated heterocycles. The van der Waals surface area contributed by atoms with Crippen LogP contribution in [-0.4, -0.2) is 36.4 Å². The molecular formula is C21H21Cl2N3O3S. The van der Waals surface area contributed by atoms with Gasteiger partial charge in [-0.15, -0.1) is 0 Å². The van der Waals surface area contributed by atoms with Crippen molar-refractivity contribution in [3.8, 4) is 0 Å². The zero-order valence-electron chi connectivity index (χ0n) is 16.1. The van der Waals surface area contributed by atoms with Crippen LogP contribution in [0.2, 0.25) is 10.0 Å². The number of hydrogen-bond donors (Lipinski definition) is 1. The third-order valence-electron chi connectivity index (χ3n) is 5.27. The summed E-state index contributed by atoms with van der Waals surface area (Å²) in [5.74, 6) is 0. The predicted molar refractivity (Wildman–Crippen MR) is 119 cm³/mol. The minimum absolute atomic E-state index is 0.268. The van der Waals surface area contributed by atoms with Gasteiger partial charge < -0.3 is 5.32 Å². The number of sulfonamides is 1. The molecule has 0 saturated carbocycles. The number of carbonyl (C=O) groups is 1. The Labute approximate surface area is 185 Å². The molecule has 158 valence electrons. The summed E-state index contributed by atoms with van der Waals surface area (Å²) in [6, 6.07) is 11.5. The van der Waals surface area contributed by atoms with Crippen molar-refractivity contribution in [1.29, 1.82) is 0 Å². The number of aromatic nitrogens is 1. The number of carbonyl (C=O) groups excluding carboxylic acids is 1. The Kier molecular flexibility index (Phi) is 6.06. The zero-order chi connectivity index (χ0) is 21.3. The predicted octanol–water partition coefficient (Wildman–Crippen LogP) is 4.88. The molecule has 4 rings (SSSR count). The minimum Gasteiger partial charge on any atom is -0.333 e. The lowest BCUT2D eigenvalue weighted by Crippen LogP contribution is -2.35. The van der Waals surface area contributed by atoms with Crippen LogP contribution in [0.15, 0.2) is 53.6 Å². The number of hydrogen-bond acceptors (Lipinski definition) is 3. The first kappa shape index (κ1) is 21.2. The topological polar surface area (TPSA) is 71.4 Å². The Hall–Kier alpha value is -2.06. The molecule has 9 heteroatoms. The lowest BCUT2D eigenvalue weighted by molar-refractivity contribution is 0.243. The van der Waals surface area contributed by atoms with Crippen molar-refractivity contribution in [3.63, 3.8) is 0 Å². The van der Waals surface area contributed by atoms with E-state index in [9.17, 15) is 13.2 Å². The van der Waals surface area contributed by atoms with Gasteiger partial charge in [0.25, 0.3) is 0 Å². The second-order valence-electron chi connectivity index (χ2n) is 7.28. The molecule has 0 spiro atoms. The van der Waals surface area contributed by atoms with Gasteiger partial charge in [0, 0.05) is 31.2 Å². The Morgan fingerprint density at radius 3 is 2.33 bits per heavy atom. The van der Waals surface area contributed by atoms with Crippen molar-refractivity contribution in [2.45, 2.75) is 30.7 Å². The summed E-state index contributed by atoms with van der Waals surface area (Å²) in [4.78, 5) is 12.9. The van der Waals surface area contributed by atoms with Crippen molar-refractivity contribution >= 4 is 50.2 Å². The van der Waals surface area contributed by atoms with Crippen LogP contribution in [0.5, 0.6) is 0 Å². The SMILES string of the molecule is O=C(NCc1ccc(S(=O)(=O)N2CCCCC2)cc1)n1ccc2cc(Cl)c(Cl)cc21. The Balaban J connectivity index is 1.44. The number of nitrogens with one attached hydrogen (secondary N) is 1. The van der Waals surface area contributed by atoms with Gasteiger partial charge in [-0.05, 0) is 48.7 Å². The van der Waals surface area contributed by atoms with E-state index in [1.165, 1.54) is 4.57 Å². The molecule has 6 nitrogen and oxygen atoms in total. The average Bonchev–Trinajstić information content (AvgIpc) is 3.16. The van der Waals surface area contributed by atoms with Crippen molar-refractivity contribution < 1.29 is 13.2 Å². The zero-order valence-corrected chi connectivity index (χ0v) is 18.5. The highest BCUT2D eigenvalue weighted by molar-refractivity contribution is 7.89. The fourth-order valence-corrected chi connectivity index (χ4v) is 5.45. The quantitative estimate of drug-likeness (QED) is 0.596. The number of amides is 1. The van der Waals surface area contributed by atoms with E-state index in [0.29, 0.717) is 28.7 Å². The molecular weight excluding hydrogens is 445 g/mol. The normalized spacial score (nSPS) is 15.4. The molecule has 0 unspecified atom stereocenters. The van der Waals surface area contributed by atoms with E-state index >= 15 is 0 Å². The third-order valence-corrected chi connectivity index (χ3v) is 7.91. The Morgan fingerprint density at radius 2 is 1.63 bits per heavy atom. The third kappa shape index (κ3) is 4.21. The number of piperidine rings is 1. The highest BCUT2D eigenvalue weighted by Gasteiger charge is 2.25. The molecule has 1 aliphatic heterocycles. The second-order valence-corrected chi connectivity index (χ2v) is 10.0. The van der Waals surface area contributed by atoms with E-state index in [0.717, 1.165) is 30.2 Å². The van der Waals surface area contributed by atoms with Crippen LogP contribution in [0.1, 0.15) is 24.8 Å². The molecule has 2 aromatic carbocycles. The van der Waals surface area contributed by atoms with Crippen LogP contribution in [-0.2, 0) is 16.6 Å². The highest BCUT2D eigenvalue weighted by atomic mass is 35.5. The van der Waals surface area contributed by atoms with E-state index in [-0.39, 0.29) is 17.5 Å². The first-order chi connectivity index (χ1) is 14.4. The molecule has 0 atom stereocenters. The van der Waals surface area contributed by atoms with Gasteiger partial charge in [0.15, 0.2) is 0 Å². The molecule has 0 aliphatic carbocycles. The first-order valence-electron chi connectivity index (χ1n) is 9.70. The first-order valence-corrected chi connectivity index (χ1v) is 11.9. The molecule has 3 aromatic rings.